The molecule has 1 aromatic carbocycles. The van der Waals surface area contributed by atoms with Gasteiger partial charge in [0.1, 0.15) is 18.0 Å². The number of rotatable bonds is 7. The van der Waals surface area contributed by atoms with Crippen LogP contribution in [0, 0.1) is 0 Å². The van der Waals surface area contributed by atoms with E-state index in [0.29, 0.717) is 18.7 Å². The van der Waals surface area contributed by atoms with Crippen molar-refractivity contribution in [1.29, 1.82) is 0 Å². The molecule has 0 unspecified atom stereocenters. The zero-order valence-corrected chi connectivity index (χ0v) is 19.6. The number of anilines is 1. The lowest BCUT2D eigenvalue weighted by atomic mass is 9.84. The maximum Gasteiger partial charge on any atom is 0.319 e. The highest BCUT2D eigenvalue weighted by Crippen LogP contribution is 2.47. The smallest absolute Gasteiger partial charge is 0.319 e. The summed E-state index contributed by atoms with van der Waals surface area (Å²) in [5.41, 5.74) is 2.45. The molecule has 3 aliphatic rings. The van der Waals surface area contributed by atoms with E-state index in [1.54, 1.807) is 6.20 Å². The number of carbonyl (C=O) groups is 2. The summed E-state index contributed by atoms with van der Waals surface area (Å²) in [6.07, 6.45) is 5.60. The fourth-order valence-electron chi connectivity index (χ4n) is 5.36. The summed E-state index contributed by atoms with van der Waals surface area (Å²) in [4.78, 5) is 29.2. The molecule has 9 heteroatoms. The van der Waals surface area contributed by atoms with Crippen LogP contribution in [0.15, 0.2) is 42.6 Å². The predicted molar refractivity (Wildman–Crippen MR) is 129 cm³/mol. The molecule has 0 bridgehead atoms. The maximum atomic E-state index is 12.6. The fourth-order valence-corrected chi connectivity index (χ4v) is 5.36. The first-order valence-electron chi connectivity index (χ1n) is 12.4. The number of nitrogens with zero attached hydrogens (tertiary/aromatic N) is 1. The third-order valence-electron chi connectivity index (χ3n) is 7.05. The second-order valence-corrected chi connectivity index (χ2v) is 9.54. The molecule has 186 valence electrons. The van der Waals surface area contributed by atoms with Crippen LogP contribution in [0.5, 0.6) is 5.75 Å². The zero-order valence-electron chi connectivity index (χ0n) is 19.6. The van der Waals surface area contributed by atoms with Gasteiger partial charge in [-0.2, -0.15) is 0 Å². The number of carbonyl (C=O) groups excluding carboxylic acids is 2. The van der Waals surface area contributed by atoms with Gasteiger partial charge < -0.3 is 30.5 Å². The van der Waals surface area contributed by atoms with Gasteiger partial charge in [-0.1, -0.05) is 18.9 Å². The number of aliphatic hydroxyl groups is 1. The van der Waals surface area contributed by atoms with E-state index < -0.39 is 6.10 Å². The van der Waals surface area contributed by atoms with Crippen LogP contribution in [0.3, 0.4) is 0 Å². The fraction of sp³-hybridized carbons (Fsp3) is 0.500. The lowest BCUT2D eigenvalue weighted by Gasteiger charge is -2.37. The van der Waals surface area contributed by atoms with Crippen molar-refractivity contribution < 1.29 is 24.2 Å². The summed E-state index contributed by atoms with van der Waals surface area (Å²) < 4.78 is 12.2. The molecular formula is C26H32N4O5. The second-order valence-electron chi connectivity index (χ2n) is 9.54. The van der Waals surface area contributed by atoms with Gasteiger partial charge in [0.25, 0.3) is 0 Å². The van der Waals surface area contributed by atoms with E-state index in [-0.39, 0.29) is 49.1 Å². The van der Waals surface area contributed by atoms with Crippen LogP contribution < -0.4 is 20.7 Å². The number of aliphatic hydroxyl groups excluding tert-OH is 1. The lowest BCUT2D eigenvalue weighted by Crippen LogP contribution is -2.47. The number of benzene rings is 1. The minimum Gasteiger partial charge on any atom is -0.487 e. The summed E-state index contributed by atoms with van der Waals surface area (Å²) in [6.45, 7) is 0.155. The topological polar surface area (TPSA) is 122 Å². The number of fused-ring (bicyclic) bond motifs is 3. The zero-order chi connectivity index (χ0) is 24.2. The Morgan fingerprint density at radius 2 is 2.00 bits per heavy atom. The van der Waals surface area contributed by atoms with Crippen LogP contribution in [0.25, 0.3) is 0 Å². The van der Waals surface area contributed by atoms with E-state index in [2.05, 4.69) is 20.9 Å². The minimum atomic E-state index is -0.531. The van der Waals surface area contributed by atoms with Gasteiger partial charge in [0.05, 0.1) is 31.4 Å². The van der Waals surface area contributed by atoms with E-state index in [1.807, 2.05) is 36.4 Å². The first-order chi connectivity index (χ1) is 17.1. The number of amides is 3. The summed E-state index contributed by atoms with van der Waals surface area (Å²) in [5, 5.41) is 18.8. The van der Waals surface area contributed by atoms with E-state index >= 15 is 0 Å². The van der Waals surface area contributed by atoms with Crippen molar-refractivity contribution in [2.45, 2.75) is 75.3 Å². The highest BCUT2D eigenvalue weighted by molar-refractivity contribution is 5.89. The second kappa shape index (κ2) is 10.6. The van der Waals surface area contributed by atoms with Crippen LogP contribution in [-0.4, -0.2) is 53.0 Å². The molecule has 2 aromatic rings. The Morgan fingerprint density at radius 3 is 2.77 bits per heavy atom. The minimum absolute atomic E-state index is 0.0378. The maximum absolute atomic E-state index is 12.6. The van der Waals surface area contributed by atoms with Gasteiger partial charge in [-0.05, 0) is 49.6 Å². The average molecular weight is 481 g/mol. The number of pyridine rings is 1. The third kappa shape index (κ3) is 5.57. The summed E-state index contributed by atoms with van der Waals surface area (Å²) >= 11 is 0. The van der Waals surface area contributed by atoms with Crippen molar-refractivity contribution in [3.05, 3.63) is 53.9 Å². The Kier molecular flexibility index (Phi) is 7.15. The monoisotopic (exact) mass is 480 g/mol. The van der Waals surface area contributed by atoms with Crippen LogP contribution in [0.1, 0.15) is 55.7 Å². The average Bonchev–Trinajstić information content (AvgIpc) is 3.50. The Morgan fingerprint density at radius 1 is 1.14 bits per heavy atom. The molecule has 1 aromatic heterocycles. The molecule has 4 N–H and O–H groups in total. The predicted octanol–water partition coefficient (Wildman–Crippen LogP) is 2.85. The molecule has 3 heterocycles. The number of hydrogen-bond acceptors (Lipinski definition) is 6. The number of aromatic nitrogens is 1. The largest absolute Gasteiger partial charge is 0.487 e. The van der Waals surface area contributed by atoms with Crippen LogP contribution in [0.2, 0.25) is 0 Å². The van der Waals surface area contributed by atoms with E-state index in [1.165, 1.54) is 0 Å². The molecular weight excluding hydrogens is 448 g/mol. The summed E-state index contributed by atoms with van der Waals surface area (Å²) in [7, 11) is 0. The van der Waals surface area contributed by atoms with Gasteiger partial charge in [-0.25, -0.2) is 4.79 Å². The lowest BCUT2D eigenvalue weighted by molar-refractivity contribution is -0.142. The van der Waals surface area contributed by atoms with Crippen molar-refractivity contribution in [2.24, 2.45) is 0 Å². The van der Waals surface area contributed by atoms with Crippen LogP contribution >= 0.6 is 0 Å². The van der Waals surface area contributed by atoms with Gasteiger partial charge in [0, 0.05) is 29.4 Å². The normalized spacial score (nSPS) is 25.3. The third-order valence-corrected chi connectivity index (χ3v) is 7.05. The van der Waals surface area contributed by atoms with Gasteiger partial charge in [0.2, 0.25) is 5.91 Å². The number of ether oxygens (including phenoxy) is 2. The molecule has 35 heavy (non-hydrogen) atoms. The van der Waals surface area contributed by atoms with Crippen molar-refractivity contribution >= 4 is 17.6 Å². The number of hydrogen-bond donors (Lipinski definition) is 4. The SMILES string of the molecule is O=C(C[C@@H]1C[C@@H]2c3cc(NC(=O)NC4CCCC4)ccc3O[C@@H]2[C@@H](CO)O1)NCc1ccccn1. The molecule has 1 saturated heterocycles. The molecule has 2 fully saturated rings. The van der Waals surface area contributed by atoms with Crippen molar-refractivity contribution in [3.63, 3.8) is 0 Å². The van der Waals surface area contributed by atoms with Gasteiger partial charge in [-0.15, -0.1) is 0 Å². The molecule has 1 aliphatic carbocycles. The summed E-state index contributed by atoms with van der Waals surface area (Å²) in [6, 6.07) is 11.2. The molecule has 4 atom stereocenters. The molecule has 5 rings (SSSR count). The molecule has 1 saturated carbocycles. The summed E-state index contributed by atoms with van der Waals surface area (Å²) in [5.74, 6) is 0.558. The highest BCUT2D eigenvalue weighted by atomic mass is 16.6. The van der Waals surface area contributed by atoms with Crippen molar-refractivity contribution in [1.82, 2.24) is 15.6 Å². The van der Waals surface area contributed by atoms with Crippen LogP contribution in [-0.2, 0) is 16.1 Å². The molecule has 3 amide bonds. The molecule has 2 aliphatic heterocycles. The number of nitrogens with one attached hydrogen (secondary N) is 3. The Bertz CT molecular complexity index is 1040. The first-order valence-corrected chi connectivity index (χ1v) is 12.4. The first kappa shape index (κ1) is 23.6. The molecule has 9 nitrogen and oxygen atoms in total. The van der Waals surface area contributed by atoms with E-state index in [4.69, 9.17) is 9.47 Å². The van der Waals surface area contributed by atoms with E-state index in [0.717, 1.165) is 42.7 Å². The van der Waals surface area contributed by atoms with Crippen molar-refractivity contribution in [2.75, 3.05) is 11.9 Å². The molecule has 0 radical (unpaired) electrons. The van der Waals surface area contributed by atoms with Gasteiger partial charge >= 0.3 is 6.03 Å². The van der Waals surface area contributed by atoms with E-state index in [9.17, 15) is 14.7 Å². The Balaban J connectivity index is 1.22. The standard InChI is InChI=1S/C26H32N4O5/c31-15-23-25-21(12-19(34-23)13-24(32)28-14-18-7-3-4-10-27-18)20-11-17(8-9-22(20)35-25)30-26(33)29-16-5-1-2-6-16/h3-4,7-11,16,19,21,23,25,31H,1-2,5-6,12-15H2,(H,28,32)(H2,29,30,33)/t19-,21+,23+,25-/m0/s1. The van der Waals surface area contributed by atoms with Gasteiger partial charge in [0.15, 0.2) is 0 Å². The number of urea groups is 1. The van der Waals surface area contributed by atoms with Crippen molar-refractivity contribution in [3.8, 4) is 5.75 Å². The highest BCUT2D eigenvalue weighted by Gasteiger charge is 2.46. The van der Waals surface area contributed by atoms with Gasteiger partial charge in [-0.3, -0.25) is 9.78 Å². The van der Waals surface area contributed by atoms with Crippen LogP contribution in [0.4, 0.5) is 10.5 Å². The molecule has 0 spiro atoms. The Hall–Kier alpha value is -3.17. The Labute approximate surface area is 204 Å². The quantitative estimate of drug-likeness (QED) is 0.484.